The number of hydrogen-bond acceptors (Lipinski definition) is 4. The minimum Gasteiger partial charge on any atom is -0.307 e. The Morgan fingerprint density at radius 2 is 2.03 bits per heavy atom. The number of benzene rings is 1. The maximum absolute atomic E-state index is 12.0. The second kappa shape index (κ2) is 10.2. The summed E-state index contributed by atoms with van der Waals surface area (Å²) in [4.78, 5) is 0. The van der Waals surface area contributed by atoms with E-state index in [0.717, 1.165) is 42.9 Å². The molecule has 6 nitrogen and oxygen atoms in total. The van der Waals surface area contributed by atoms with Gasteiger partial charge in [0.2, 0.25) is 10.0 Å². The molecule has 0 radical (unpaired) electrons. The fraction of sp³-hybridized carbons (Fsp3) is 0.591. The number of hydrogen-bond donors (Lipinski definition) is 2. The highest BCUT2D eigenvalue weighted by molar-refractivity contribution is 7.89. The third-order valence-corrected chi connectivity index (χ3v) is 8.26. The molecule has 1 fully saturated rings. The summed E-state index contributed by atoms with van der Waals surface area (Å²) in [5, 5.41) is 9.39. The Morgan fingerprint density at radius 3 is 2.68 bits per heavy atom. The first-order valence-corrected chi connectivity index (χ1v) is 13.0. The van der Waals surface area contributed by atoms with E-state index in [0.29, 0.717) is 19.5 Å². The van der Waals surface area contributed by atoms with Crippen LogP contribution in [0.3, 0.4) is 0 Å². The molecule has 0 saturated heterocycles. The van der Waals surface area contributed by atoms with E-state index in [1.165, 1.54) is 17.5 Å². The Bertz CT molecular complexity index is 972. The summed E-state index contributed by atoms with van der Waals surface area (Å²) in [6.45, 7) is 3.83. The number of aromatic nitrogens is 2. The minimum absolute atomic E-state index is 0. The maximum Gasteiger partial charge on any atom is 0.211 e. The zero-order valence-electron chi connectivity index (χ0n) is 17.9. The van der Waals surface area contributed by atoms with Crippen LogP contribution in [0.5, 0.6) is 0 Å². The number of sulfonamides is 1. The third-order valence-electron chi connectivity index (χ3n) is 6.53. The molecule has 2 aromatic rings. The molecule has 1 saturated carbocycles. The van der Waals surface area contributed by atoms with E-state index in [4.69, 9.17) is 16.7 Å². The summed E-state index contributed by atoms with van der Waals surface area (Å²) in [6, 6.07) is 8.44. The Hall–Kier alpha value is -1.12. The molecule has 1 aromatic heterocycles. The van der Waals surface area contributed by atoms with Crippen LogP contribution in [0.4, 0.5) is 0 Å². The first-order chi connectivity index (χ1) is 14.4. The van der Waals surface area contributed by atoms with Gasteiger partial charge in [0.25, 0.3) is 0 Å². The summed E-state index contributed by atoms with van der Waals surface area (Å²) in [5.41, 5.74) is 3.76. The second-order valence-corrected chi connectivity index (χ2v) is 10.9. The molecule has 2 aliphatic rings. The van der Waals surface area contributed by atoms with Crippen LogP contribution in [0.15, 0.2) is 30.5 Å². The quantitative estimate of drug-likeness (QED) is 0.561. The lowest BCUT2D eigenvalue weighted by Gasteiger charge is -2.49. The Morgan fingerprint density at radius 1 is 1.29 bits per heavy atom. The number of rotatable bonds is 9. The predicted octanol–water partition coefficient (Wildman–Crippen LogP) is 3.99. The van der Waals surface area contributed by atoms with Crippen LogP contribution in [0, 0.1) is 0 Å². The van der Waals surface area contributed by atoms with Gasteiger partial charge in [-0.1, -0.05) is 43.5 Å². The fourth-order valence-electron chi connectivity index (χ4n) is 4.74. The van der Waals surface area contributed by atoms with Crippen LogP contribution in [-0.2, 0) is 28.4 Å². The highest BCUT2D eigenvalue weighted by atomic mass is 35.5. The van der Waals surface area contributed by atoms with Gasteiger partial charge in [-0.25, -0.2) is 13.1 Å². The van der Waals surface area contributed by atoms with Gasteiger partial charge in [-0.15, -0.1) is 12.4 Å². The number of unbranched alkanes of at least 4 members (excludes halogenated alkanes) is 1. The molecule has 2 N–H and O–H groups in total. The molecule has 0 amide bonds. The average molecular weight is 487 g/mol. The molecule has 1 unspecified atom stereocenters. The van der Waals surface area contributed by atoms with Crippen molar-refractivity contribution in [1.29, 1.82) is 0 Å². The monoisotopic (exact) mass is 486 g/mol. The Balaban J connectivity index is 0.00000272. The standard InChI is InChI=1S/C22H31ClN4O2S.ClH/c1-2-3-15-30(28,29)25-13-14-27-16-17-9-12-24-21(20(17)26-27)22(10-4-11-22)18-5-7-19(23)8-6-18;/h5-8,16,21,24-25H,2-4,9-15H2,1H3;1H. The number of fused-ring (bicyclic) bond motifs is 1. The van der Waals surface area contributed by atoms with Crippen molar-refractivity contribution in [2.24, 2.45) is 0 Å². The Kier molecular flexibility index (Phi) is 8.08. The zero-order valence-corrected chi connectivity index (χ0v) is 20.3. The Labute approximate surface area is 196 Å². The molecule has 1 aliphatic heterocycles. The van der Waals surface area contributed by atoms with Crippen molar-refractivity contribution in [3.05, 3.63) is 52.3 Å². The van der Waals surface area contributed by atoms with Crippen LogP contribution in [0.25, 0.3) is 0 Å². The van der Waals surface area contributed by atoms with E-state index in [9.17, 15) is 8.42 Å². The average Bonchev–Trinajstić information content (AvgIpc) is 3.10. The molecule has 172 valence electrons. The summed E-state index contributed by atoms with van der Waals surface area (Å²) >= 11 is 6.12. The minimum atomic E-state index is -3.20. The molecule has 1 aromatic carbocycles. The van der Waals surface area contributed by atoms with Crippen LogP contribution in [0.1, 0.15) is 61.9 Å². The lowest BCUT2D eigenvalue weighted by molar-refractivity contribution is 0.161. The highest BCUT2D eigenvalue weighted by Gasteiger charge is 2.48. The van der Waals surface area contributed by atoms with Gasteiger partial charge in [-0.2, -0.15) is 5.10 Å². The number of nitrogens with zero attached hydrogens (tertiary/aromatic N) is 2. The van der Waals surface area contributed by atoms with Gasteiger partial charge in [0.05, 0.1) is 24.0 Å². The maximum atomic E-state index is 12.0. The lowest BCUT2D eigenvalue weighted by atomic mass is 9.58. The van der Waals surface area contributed by atoms with E-state index in [1.54, 1.807) is 0 Å². The van der Waals surface area contributed by atoms with Gasteiger partial charge >= 0.3 is 0 Å². The summed E-state index contributed by atoms with van der Waals surface area (Å²) in [7, 11) is -3.20. The van der Waals surface area contributed by atoms with Crippen LogP contribution < -0.4 is 10.0 Å². The molecule has 0 bridgehead atoms. The van der Waals surface area contributed by atoms with Crippen molar-refractivity contribution in [2.75, 3.05) is 18.8 Å². The van der Waals surface area contributed by atoms with Crippen LogP contribution in [0.2, 0.25) is 5.02 Å². The topological polar surface area (TPSA) is 76.0 Å². The van der Waals surface area contributed by atoms with E-state index in [1.807, 2.05) is 23.7 Å². The molecule has 2 heterocycles. The number of halogens is 2. The van der Waals surface area contributed by atoms with Gasteiger partial charge < -0.3 is 5.32 Å². The van der Waals surface area contributed by atoms with E-state index < -0.39 is 10.0 Å². The van der Waals surface area contributed by atoms with Crippen molar-refractivity contribution in [1.82, 2.24) is 19.8 Å². The summed E-state index contributed by atoms with van der Waals surface area (Å²) in [6.07, 6.45) is 8.09. The molecular formula is C22H32Cl2N4O2S. The largest absolute Gasteiger partial charge is 0.307 e. The summed E-state index contributed by atoms with van der Waals surface area (Å²) in [5.74, 6) is 0.189. The SMILES string of the molecule is CCCCS(=O)(=O)NCCn1cc2c(n1)C(C1(c3ccc(Cl)cc3)CCC1)NCC2.Cl. The normalized spacial score (nSPS) is 19.9. The third kappa shape index (κ3) is 5.28. The van der Waals surface area contributed by atoms with Gasteiger partial charge in [0.1, 0.15) is 0 Å². The smallest absolute Gasteiger partial charge is 0.211 e. The van der Waals surface area contributed by atoms with Crippen LogP contribution >= 0.6 is 24.0 Å². The van der Waals surface area contributed by atoms with Gasteiger partial charge in [-0.05, 0) is 55.5 Å². The molecule has 1 aliphatic carbocycles. The van der Waals surface area contributed by atoms with Crippen LogP contribution in [-0.4, -0.2) is 37.0 Å². The van der Waals surface area contributed by atoms with E-state index in [2.05, 4.69) is 28.4 Å². The van der Waals surface area contributed by atoms with Crippen molar-refractivity contribution in [3.63, 3.8) is 0 Å². The van der Waals surface area contributed by atoms with Crippen molar-refractivity contribution >= 4 is 34.0 Å². The summed E-state index contributed by atoms with van der Waals surface area (Å²) < 4.78 is 28.7. The van der Waals surface area contributed by atoms with Crippen molar-refractivity contribution < 1.29 is 8.42 Å². The van der Waals surface area contributed by atoms with Crippen molar-refractivity contribution in [3.8, 4) is 0 Å². The van der Waals surface area contributed by atoms with E-state index in [-0.39, 0.29) is 29.6 Å². The molecular weight excluding hydrogens is 455 g/mol. The van der Waals surface area contributed by atoms with Crippen molar-refractivity contribution in [2.45, 2.75) is 63.5 Å². The van der Waals surface area contributed by atoms with E-state index >= 15 is 0 Å². The molecule has 31 heavy (non-hydrogen) atoms. The zero-order chi connectivity index (χ0) is 21.2. The second-order valence-electron chi connectivity index (χ2n) is 8.52. The number of nitrogens with one attached hydrogen (secondary N) is 2. The predicted molar refractivity (Wildman–Crippen MR) is 128 cm³/mol. The van der Waals surface area contributed by atoms with Gasteiger partial charge in [-0.3, -0.25) is 4.68 Å². The van der Waals surface area contributed by atoms with Gasteiger partial charge in [0, 0.05) is 23.2 Å². The fourth-order valence-corrected chi connectivity index (χ4v) is 6.08. The first kappa shape index (κ1) is 24.5. The highest BCUT2D eigenvalue weighted by Crippen LogP contribution is 2.53. The molecule has 0 spiro atoms. The van der Waals surface area contributed by atoms with Gasteiger partial charge in [0.15, 0.2) is 0 Å². The lowest BCUT2D eigenvalue weighted by Crippen LogP contribution is -2.49. The molecule has 4 rings (SSSR count). The first-order valence-electron chi connectivity index (χ1n) is 11.0. The molecule has 9 heteroatoms. The molecule has 1 atom stereocenters.